The lowest BCUT2D eigenvalue weighted by molar-refractivity contribution is 0.0926. The SMILES string of the molecule is CCCc1cc(C(=O)NC(C2CC2)C2CC2)cc(Cl)n1. The van der Waals surface area contributed by atoms with Crippen molar-refractivity contribution < 1.29 is 4.79 Å². The van der Waals surface area contributed by atoms with Crippen LogP contribution in [0.1, 0.15) is 55.1 Å². The molecule has 2 aliphatic carbocycles. The fourth-order valence-electron chi connectivity index (χ4n) is 2.83. The highest BCUT2D eigenvalue weighted by atomic mass is 35.5. The molecule has 1 heterocycles. The fraction of sp³-hybridized carbons (Fsp3) is 0.625. The molecule has 0 unspecified atom stereocenters. The first-order valence-corrected chi connectivity index (χ1v) is 8.02. The summed E-state index contributed by atoms with van der Waals surface area (Å²) in [6.45, 7) is 2.10. The molecule has 3 nitrogen and oxygen atoms in total. The van der Waals surface area contributed by atoms with Gasteiger partial charge in [0.15, 0.2) is 0 Å². The average Bonchev–Trinajstić information content (AvgIpc) is 3.28. The summed E-state index contributed by atoms with van der Waals surface area (Å²) in [4.78, 5) is 16.7. The maximum atomic E-state index is 12.4. The number of aromatic nitrogens is 1. The summed E-state index contributed by atoms with van der Waals surface area (Å²) in [5, 5.41) is 3.64. The lowest BCUT2D eigenvalue weighted by atomic mass is 10.1. The van der Waals surface area contributed by atoms with Crippen molar-refractivity contribution in [3.05, 3.63) is 28.5 Å². The number of amides is 1. The Bertz CT molecular complexity index is 497. The number of aryl methyl sites for hydroxylation is 1. The lowest BCUT2D eigenvalue weighted by Crippen LogP contribution is -2.38. The molecule has 1 amide bonds. The minimum atomic E-state index is 0.00968. The molecule has 0 radical (unpaired) electrons. The second-order valence-electron chi connectivity index (χ2n) is 6.09. The predicted octanol–water partition coefficient (Wildman–Crippen LogP) is 3.61. The van der Waals surface area contributed by atoms with Crippen LogP contribution >= 0.6 is 11.6 Å². The molecule has 1 N–H and O–H groups in total. The molecular weight excluding hydrogens is 272 g/mol. The highest BCUT2D eigenvalue weighted by Crippen LogP contribution is 2.44. The number of carbonyl (C=O) groups excluding carboxylic acids is 1. The molecule has 0 saturated heterocycles. The van der Waals surface area contributed by atoms with Crippen molar-refractivity contribution in [3.63, 3.8) is 0 Å². The smallest absolute Gasteiger partial charge is 0.251 e. The molecule has 1 aromatic heterocycles. The number of hydrogen-bond acceptors (Lipinski definition) is 2. The maximum absolute atomic E-state index is 12.4. The van der Waals surface area contributed by atoms with E-state index in [2.05, 4.69) is 17.2 Å². The van der Waals surface area contributed by atoms with Gasteiger partial charge in [-0.3, -0.25) is 4.79 Å². The van der Waals surface area contributed by atoms with Crippen molar-refractivity contribution in [2.45, 2.75) is 51.5 Å². The van der Waals surface area contributed by atoms with Gasteiger partial charge in [0.2, 0.25) is 0 Å². The second-order valence-corrected chi connectivity index (χ2v) is 6.48. The van der Waals surface area contributed by atoms with Crippen LogP contribution in [0.2, 0.25) is 5.15 Å². The van der Waals surface area contributed by atoms with Crippen LogP contribution in [0.5, 0.6) is 0 Å². The first kappa shape index (κ1) is 13.9. The Balaban J connectivity index is 1.72. The predicted molar refractivity (Wildman–Crippen MR) is 79.9 cm³/mol. The summed E-state index contributed by atoms with van der Waals surface area (Å²) in [6, 6.07) is 3.93. The zero-order valence-corrected chi connectivity index (χ0v) is 12.6. The van der Waals surface area contributed by atoms with Gasteiger partial charge in [-0.25, -0.2) is 4.98 Å². The van der Waals surface area contributed by atoms with Crippen LogP contribution < -0.4 is 5.32 Å². The van der Waals surface area contributed by atoms with Crippen molar-refractivity contribution in [2.24, 2.45) is 11.8 Å². The number of pyridine rings is 1. The van der Waals surface area contributed by atoms with Gasteiger partial charge in [0, 0.05) is 17.3 Å². The van der Waals surface area contributed by atoms with E-state index in [9.17, 15) is 4.79 Å². The second kappa shape index (κ2) is 5.72. The van der Waals surface area contributed by atoms with E-state index >= 15 is 0 Å². The molecule has 0 bridgehead atoms. The van der Waals surface area contributed by atoms with Gasteiger partial charge in [0.05, 0.1) is 0 Å². The van der Waals surface area contributed by atoms with Crippen molar-refractivity contribution in [2.75, 3.05) is 0 Å². The molecule has 20 heavy (non-hydrogen) atoms. The van der Waals surface area contributed by atoms with E-state index in [0.717, 1.165) is 18.5 Å². The third-order valence-electron chi connectivity index (χ3n) is 4.17. The van der Waals surface area contributed by atoms with Crippen molar-refractivity contribution in [1.82, 2.24) is 10.3 Å². The van der Waals surface area contributed by atoms with Crippen LogP contribution in [-0.2, 0) is 6.42 Å². The Morgan fingerprint density at radius 2 is 2.00 bits per heavy atom. The highest BCUT2D eigenvalue weighted by Gasteiger charge is 2.42. The standard InChI is InChI=1S/C16H21ClN2O/c1-2-3-13-8-12(9-14(17)18-13)16(20)19-15(10-4-5-10)11-6-7-11/h8-11,15H,2-7H2,1H3,(H,19,20). The van der Waals surface area contributed by atoms with Crippen LogP contribution in [0.25, 0.3) is 0 Å². The molecule has 4 heteroatoms. The van der Waals surface area contributed by atoms with E-state index in [1.807, 2.05) is 6.07 Å². The van der Waals surface area contributed by atoms with E-state index in [1.54, 1.807) is 6.07 Å². The van der Waals surface area contributed by atoms with E-state index in [0.29, 0.717) is 28.6 Å². The Labute approximate surface area is 125 Å². The number of nitrogens with zero attached hydrogens (tertiary/aromatic N) is 1. The number of nitrogens with one attached hydrogen (secondary N) is 1. The van der Waals surface area contributed by atoms with Gasteiger partial charge in [0.25, 0.3) is 5.91 Å². The number of carbonyl (C=O) groups is 1. The van der Waals surface area contributed by atoms with Crippen LogP contribution in [0.4, 0.5) is 0 Å². The van der Waals surface area contributed by atoms with Gasteiger partial charge in [0.1, 0.15) is 5.15 Å². The Kier molecular flexibility index (Phi) is 3.97. The third-order valence-corrected chi connectivity index (χ3v) is 4.37. The van der Waals surface area contributed by atoms with Crippen molar-refractivity contribution in [1.29, 1.82) is 0 Å². The minimum Gasteiger partial charge on any atom is -0.349 e. The molecule has 0 aromatic carbocycles. The van der Waals surface area contributed by atoms with Crippen molar-refractivity contribution in [3.8, 4) is 0 Å². The first-order valence-electron chi connectivity index (χ1n) is 7.64. The van der Waals surface area contributed by atoms with Gasteiger partial charge in [-0.1, -0.05) is 24.9 Å². The van der Waals surface area contributed by atoms with Gasteiger partial charge >= 0.3 is 0 Å². The van der Waals surface area contributed by atoms with E-state index in [-0.39, 0.29) is 5.91 Å². The largest absolute Gasteiger partial charge is 0.349 e. The van der Waals surface area contributed by atoms with Crippen LogP contribution in [-0.4, -0.2) is 16.9 Å². The summed E-state index contributed by atoms with van der Waals surface area (Å²) in [6.07, 6.45) is 6.91. The summed E-state index contributed by atoms with van der Waals surface area (Å²) in [5.74, 6) is 1.42. The molecule has 2 fully saturated rings. The molecule has 0 aliphatic heterocycles. The van der Waals surface area contributed by atoms with Crippen LogP contribution in [0.15, 0.2) is 12.1 Å². The Morgan fingerprint density at radius 3 is 2.55 bits per heavy atom. The summed E-state index contributed by atoms with van der Waals surface area (Å²) < 4.78 is 0. The minimum absolute atomic E-state index is 0.00968. The normalized spacial score (nSPS) is 18.4. The monoisotopic (exact) mass is 292 g/mol. The van der Waals surface area contributed by atoms with Crippen molar-refractivity contribution >= 4 is 17.5 Å². The maximum Gasteiger partial charge on any atom is 0.251 e. The molecular formula is C16H21ClN2O. The topological polar surface area (TPSA) is 42.0 Å². The highest BCUT2D eigenvalue weighted by molar-refractivity contribution is 6.29. The third kappa shape index (κ3) is 3.32. The molecule has 108 valence electrons. The van der Waals surface area contributed by atoms with Gasteiger partial charge in [-0.15, -0.1) is 0 Å². The Hall–Kier alpha value is -1.09. The van der Waals surface area contributed by atoms with E-state index < -0.39 is 0 Å². The van der Waals surface area contributed by atoms with Gasteiger partial charge in [-0.05, 0) is 56.1 Å². The molecule has 2 aliphatic rings. The van der Waals surface area contributed by atoms with E-state index in [4.69, 9.17) is 11.6 Å². The fourth-order valence-corrected chi connectivity index (χ4v) is 3.06. The molecule has 0 atom stereocenters. The molecule has 3 rings (SSSR count). The van der Waals surface area contributed by atoms with Crippen LogP contribution in [0, 0.1) is 11.8 Å². The van der Waals surface area contributed by atoms with Gasteiger partial charge in [-0.2, -0.15) is 0 Å². The Morgan fingerprint density at radius 1 is 1.35 bits per heavy atom. The number of hydrogen-bond donors (Lipinski definition) is 1. The zero-order valence-electron chi connectivity index (χ0n) is 11.9. The number of halogens is 1. The molecule has 0 spiro atoms. The molecule has 1 aromatic rings. The summed E-state index contributed by atoms with van der Waals surface area (Å²) in [5.41, 5.74) is 1.55. The zero-order chi connectivity index (χ0) is 14.1. The van der Waals surface area contributed by atoms with Gasteiger partial charge < -0.3 is 5.32 Å². The summed E-state index contributed by atoms with van der Waals surface area (Å²) >= 11 is 6.03. The average molecular weight is 293 g/mol. The first-order chi connectivity index (χ1) is 9.67. The quantitative estimate of drug-likeness (QED) is 0.814. The van der Waals surface area contributed by atoms with Crippen LogP contribution in [0.3, 0.4) is 0 Å². The van der Waals surface area contributed by atoms with E-state index in [1.165, 1.54) is 25.7 Å². The molecule has 2 saturated carbocycles. The number of rotatable bonds is 6. The lowest BCUT2D eigenvalue weighted by Gasteiger charge is -2.18. The summed E-state index contributed by atoms with van der Waals surface area (Å²) in [7, 11) is 0.